The van der Waals surface area contributed by atoms with Crippen LogP contribution in [0.25, 0.3) is 0 Å². The Kier molecular flexibility index (Phi) is 6.41. The molecule has 1 aliphatic heterocycles. The van der Waals surface area contributed by atoms with Gasteiger partial charge in [0.25, 0.3) is 5.91 Å². The molecule has 2 N–H and O–H groups in total. The molecule has 0 radical (unpaired) electrons. The Labute approximate surface area is 163 Å². The van der Waals surface area contributed by atoms with E-state index >= 15 is 0 Å². The highest BCUT2D eigenvalue weighted by molar-refractivity contribution is 7.10. The highest BCUT2D eigenvalue weighted by atomic mass is 32.1. The van der Waals surface area contributed by atoms with Crippen LogP contribution in [-0.2, 0) is 11.3 Å². The second kappa shape index (κ2) is 8.96. The fourth-order valence-corrected chi connectivity index (χ4v) is 3.85. The molecule has 3 rings (SSSR count). The first-order valence-corrected chi connectivity index (χ1v) is 9.82. The Morgan fingerprint density at radius 1 is 1.15 bits per heavy atom. The zero-order valence-electron chi connectivity index (χ0n) is 15.7. The summed E-state index contributed by atoms with van der Waals surface area (Å²) in [6, 6.07) is 9.86. The molecule has 1 fully saturated rings. The number of benzene rings is 1. The lowest BCUT2D eigenvalue weighted by molar-refractivity contribution is -0.122. The summed E-state index contributed by atoms with van der Waals surface area (Å²) >= 11 is 1.31. The molecule has 27 heavy (non-hydrogen) atoms. The van der Waals surface area contributed by atoms with Gasteiger partial charge in [-0.3, -0.25) is 14.5 Å². The molecule has 1 aromatic carbocycles. The van der Waals surface area contributed by atoms with Crippen molar-refractivity contribution in [2.24, 2.45) is 0 Å². The molecule has 144 valence electrons. The number of hydrogen-bond donors (Lipinski definition) is 2. The molecule has 0 unspecified atom stereocenters. The lowest BCUT2D eigenvalue weighted by atomic mass is 10.2. The first kappa shape index (κ1) is 19.3. The predicted molar refractivity (Wildman–Crippen MR) is 107 cm³/mol. The molecule has 1 aliphatic rings. The van der Waals surface area contributed by atoms with E-state index in [0.717, 1.165) is 16.3 Å². The van der Waals surface area contributed by atoms with E-state index < -0.39 is 0 Å². The van der Waals surface area contributed by atoms with Crippen molar-refractivity contribution in [1.29, 1.82) is 0 Å². The van der Waals surface area contributed by atoms with E-state index in [-0.39, 0.29) is 11.8 Å². The molecule has 2 heterocycles. The Morgan fingerprint density at radius 2 is 1.85 bits per heavy atom. The lowest BCUT2D eigenvalue weighted by Crippen LogP contribution is -2.51. The standard InChI is InChI=1S/C19H25N5O2S/c1-14-17(18(20-2)27-22-14)19(26)24-10-8-23(9-11-24)13-16(25)21-12-15-6-4-3-5-7-15/h3-7,20H,8-13H2,1-2H3,(H,21,25). The molecule has 0 spiro atoms. The second-order valence-electron chi connectivity index (χ2n) is 6.55. The summed E-state index contributed by atoms with van der Waals surface area (Å²) in [5, 5.41) is 6.80. The van der Waals surface area contributed by atoms with Gasteiger partial charge in [-0.2, -0.15) is 4.37 Å². The molecular formula is C19H25N5O2S. The van der Waals surface area contributed by atoms with Gasteiger partial charge in [-0.15, -0.1) is 0 Å². The summed E-state index contributed by atoms with van der Waals surface area (Å²) in [7, 11) is 1.80. The minimum absolute atomic E-state index is 0.00831. The molecule has 8 heteroatoms. The van der Waals surface area contributed by atoms with Gasteiger partial charge in [-0.05, 0) is 24.0 Å². The molecule has 0 bridgehead atoms. The van der Waals surface area contributed by atoms with E-state index in [9.17, 15) is 9.59 Å². The summed E-state index contributed by atoms with van der Waals surface area (Å²) in [5.74, 6) is 0.0211. The number of nitrogens with zero attached hydrogens (tertiary/aromatic N) is 3. The fourth-order valence-electron chi connectivity index (χ4n) is 3.11. The highest BCUT2D eigenvalue weighted by Crippen LogP contribution is 2.25. The van der Waals surface area contributed by atoms with Gasteiger partial charge in [0, 0.05) is 39.8 Å². The van der Waals surface area contributed by atoms with Crippen LogP contribution in [0.4, 0.5) is 5.00 Å². The molecule has 0 atom stereocenters. The van der Waals surface area contributed by atoms with Crippen LogP contribution in [0, 0.1) is 6.92 Å². The first-order valence-electron chi connectivity index (χ1n) is 9.04. The zero-order chi connectivity index (χ0) is 19.2. The molecule has 7 nitrogen and oxygen atoms in total. The SMILES string of the molecule is CNc1snc(C)c1C(=O)N1CCN(CC(=O)NCc2ccccc2)CC1. The maximum atomic E-state index is 12.8. The lowest BCUT2D eigenvalue weighted by Gasteiger charge is -2.34. The second-order valence-corrected chi connectivity index (χ2v) is 7.33. The third-order valence-electron chi connectivity index (χ3n) is 4.66. The van der Waals surface area contributed by atoms with Crippen molar-refractivity contribution in [3.05, 3.63) is 47.2 Å². The van der Waals surface area contributed by atoms with Gasteiger partial charge in [0.2, 0.25) is 5.91 Å². The number of aromatic nitrogens is 1. The summed E-state index contributed by atoms with van der Waals surface area (Å²) in [5.41, 5.74) is 2.51. The van der Waals surface area contributed by atoms with E-state index in [0.29, 0.717) is 44.8 Å². The fraction of sp³-hybridized carbons (Fsp3) is 0.421. The number of amides is 2. The van der Waals surface area contributed by atoms with Crippen molar-refractivity contribution in [2.45, 2.75) is 13.5 Å². The van der Waals surface area contributed by atoms with Crippen LogP contribution >= 0.6 is 11.5 Å². The third kappa shape index (κ3) is 4.84. The number of anilines is 1. The number of aryl methyl sites for hydroxylation is 1. The number of carbonyl (C=O) groups is 2. The van der Waals surface area contributed by atoms with Gasteiger partial charge in [-0.25, -0.2) is 0 Å². The van der Waals surface area contributed by atoms with Gasteiger partial charge in [0.15, 0.2) is 0 Å². The van der Waals surface area contributed by atoms with Crippen molar-refractivity contribution >= 4 is 28.3 Å². The van der Waals surface area contributed by atoms with Gasteiger partial charge in [0.05, 0.1) is 17.8 Å². The molecule has 0 saturated carbocycles. The van der Waals surface area contributed by atoms with Crippen LogP contribution in [0.2, 0.25) is 0 Å². The maximum absolute atomic E-state index is 12.8. The van der Waals surface area contributed by atoms with Crippen molar-refractivity contribution in [1.82, 2.24) is 19.5 Å². The summed E-state index contributed by atoms with van der Waals surface area (Å²) < 4.78 is 4.27. The van der Waals surface area contributed by atoms with Gasteiger partial charge in [-0.1, -0.05) is 30.3 Å². The van der Waals surface area contributed by atoms with Gasteiger partial charge >= 0.3 is 0 Å². The average molecular weight is 388 g/mol. The normalized spacial score (nSPS) is 14.8. The quantitative estimate of drug-likeness (QED) is 0.787. The summed E-state index contributed by atoms with van der Waals surface area (Å²) in [4.78, 5) is 28.9. The maximum Gasteiger partial charge on any atom is 0.258 e. The van der Waals surface area contributed by atoms with Crippen LogP contribution in [0.15, 0.2) is 30.3 Å². The Balaban J connectivity index is 1.46. The Bertz CT molecular complexity index is 785. The summed E-state index contributed by atoms with van der Waals surface area (Å²) in [6.45, 7) is 5.36. The summed E-state index contributed by atoms with van der Waals surface area (Å²) in [6.07, 6.45) is 0. The molecule has 0 aliphatic carbocycles. The van der Waals surface area contributed by atoms with Crippen molar-refractivity contribution in [3.63, 3.8) is 0 Å². The Morgan fingerprint density at radius 3 is 2.52 bits per heavy atom. The van der Waals surface area contributed by atoms with Gasteiger partial charge < -0.3 is 15.5 Å². The van der Waals surface area contributed by atoms with E-state index in [1.165, 1.54) is 11.5 Å². The van der Waals surface area contributed by atoms with E-state index in [2.05, 4.69) is 19.9 Å². The molecular weight excluding hydrogens is 362 g/mol. The van der Waals surface area contributed by atoms with E-state index in [4.69, 9.17) is 0 Å². The number of rotatable bonds is 6. The minimum atomic E-state index is 0.00831. The molecule has 2 amide bonds. The number of piperazine rings is 1. The predicted octanol–water partition coefficient (Wildman–Crippen LogP) is 1.57. The molecule has 1 saturated heterocycles. The highest BCUT2D eigenvalue weighted by Gasteiger charge is 2.27. The monoisotopic (exact) mass is 387 g/mol. The molecule has 1 aromatic heterocycles. The average Bonchev–Trinajstić information content (AvgIpc) is 3.08. The van der Waals surface area contributed by atoms with Crippen LogP contribution in [0.3, 0.4) is 0 Å². The van der Waals surface area contributed by atoms with Crippen molar-refractivity contribution in [3.8, 4) is 0 Å². The van der Waals surface area contributed by atoms with Crippen molar-refractivity contribution in [2.75, 3.05) is 45.1 Å². The third-order valence-corrected chi connectivity index (χ3v) is 5.62. The van der Waals surface area contributed by atoms with Crippen molar-refractivity contribution < 1.29 is 9.59 Å². The Hall–Kier alpha value is -2.45. The van der Waals surface area contributed by atoms with Gasteiger partial charge in [0.1, 0.15) is 5.00 Å². The number of carbonyl (C=O) groups excluding carboxylic acids is 2. The van der Waals surface area contributed by atoms with Crippen LogP contribution in [0.5, 0.6) is 0 Å². The number of hydrogen-bond acceptors (Lipinski definition) is 6. The first-order chi connectivity index (χ1) is 13.1. The topological polar surface area (TPSA) is 77.6 Å². The smallest absolute Gasteiger partial charge is 0.258 e. The van der Waals surface area contributed by atoms with Crippen LogP contribution < -0.4 is 10.6 Å². The van der Waals surface area contributed by atoms with Crippen LogP contribution in [0.1, 0.15) is 21.6 Å². The zero-order valence-corrected chi connectivity index (χ0v) is 16.5. The van der Waals surface area contributed by atoms with E-state index in [1.54, 1.807) is 7.05 Å². The largest absolute Gasteiger partial charge is 0.378 e. The minimum Gasteiger partial charge on any atom is -0.378 e. The number of nitrogens with one attached hydrogen (secondary N) is 2. The molecule has 2 aromatic rings. The van der Waals surface area contributed by atoms with Crippen LogP contribution in [-0.4, -0.2) is 65.8 Å². The van der Waals surface area contributed by atoms with E-state index in [1.807, 2.05) is 42.2 Å².